The van der Waals surface area contributed by atoms with Gasteiger partial charge in [0.15, 0.2) is 0 Å². The van der Waals surface area contributed by atoms with Gasteiger partial charge in [0.1, 0.15) is 5.75 Å². The standard InChI is InChI=1S/C17H25NO2S/c1-20-15-4-5-16-14(12-15)13-18(10-11-21-16)9-3-2-6-17(19)7-8-17/h4-5,12,19H,2-3,6-11,13H2,1H3. The summed E-state index contributed by atoms with van der Waals surface area (Å²) in [5.41, 5.74) is 1.10. The molecule has 0 radical (unpaired) electrons. The number of fused-ring (bicyclic) bond motifs is 1. The van der Waals surface area contributed by atoms with Gasteiger partial charge in [-0.05, 0) is 62.4 Å². The van der Waals surface area contributed by atoms with E-state index >= 15 is 0 Å². The van der Waals surface area contributed by atoms with Gasteiger partial charge in [0, 0.05) is 23.7 Å². The van der Waals surface area contributed by atoms with Crippen molar-refractivity contribution < 1.29 is 9.84 Å². The monoisotopic (exact) mass is 307 g/mol. The van der Waals surface area contributed by atoms with Gasteiger partial charge in [-0.1, -0.05) is 0 Å². The Morgan fingerprint density at radius 1 is 1.33 bits per heavy atom. The third kappa shape index (κ3) is 4.15. The highest BCUT2D eigenvalue weighted by molar-refractivity contribution is 7.99. The van der Waals surface area contributed by atoms with Crippen molar-refractivity contribution in [2.75, 3.05) is 26.0 Å². The molecule has 1 heterocycles. The van der Waals surface area contributed by atoms with Crippen molar-refractivity contribution in [3.63, 3.8) is 0 Å². The van der Waals surface area contributed by atoms with Crippen LogP contribution in [0.25, 0.3) is 0 Å². The number of ether oxygens (including phenoxy) is 1. The molecule has 2 aliphatic rings. The van der Waals surface area contributed by atoms with Crippen molar-refractivity contribution in [2.45, 2.75) is 49.1 Å². The average Bonchev–Trinajstić information content (AvgIpc) is 3.25. The van der Waals surface area contributed by atoms with E-state index in [9.17, 15) is 5.11 Å². The maximum Gasteiger partial charge on any atom is 0.119 e. The van der Waals surface area contributed by atoms with Crippen molar-refractivity contribution in [3.8, 4) is 5.75 Å². The number of methoxy groups -OCH3 is 1. The third-order valence-corrected chi connectivity index (χ3v) is 5.62. The van der Waals surface area contributed by atoms with E-state index in [2.05, 4.69) is 23.1 Å². The lowest BCUT2D eigenvalue weighted by molar-refractivity contribution is 0.134. The minimum Gasteiger partial charge on any atom is -0.497 e. The van der Waals surface area contributed by atoms with E-state index in [1.165, 1.54) is 16.9 Å². The summed E-state index contributed by atoms with van der Waals surface area (Å²) >= 11 is 1.95. The van der Waals surface area contributed by atoms with Crippen molar-refractivity contribution in [3.05, 3.63) is 23.8 Å². The predicted octanol–water partition coefficient (Wildman–Crippen LogP) is 3.30. The van der Waals surface area contributed by atoms with E-state index in [-0.39, 0.29) is 5.60 Å². The Hall–Kier alpha value is -0.710. The molecule has 3 nitrogen and oxygen atoms in total. The van der Waals surface area contributed by atoms with E-state index in [0.29, 0.717) is 0 Å². The number of rotatable bonds is 6. The van der Waals surface area contributed by atoms with Gasteiger partial charge in [0.2, 0.25) is 0 Å². The second-order valence-corrected chi connectivity index (χ2v) is 7.42. The molecule has 0 spiro atoms. The van der Waals surface area contributed by atoms with Crippen LogP contribution >= 0.6 is 11.8 Å². The molecule has 1 fully saturated rings. The summed E-state index contributed by atoms with van der Waals surface area (Å²) in [5, 5.41) is 9.87. The molecule has 116 valence electrons. The minimum absolute atomic E-state index is 0.283. The van der Waals surface area contributed by atoms with Crippen LogP contribution in [-0.2, 0) is 6.54 Å². The Morgan fingerprint density at radius 2 is 2.19 bits per heavy atom. The molecule has 0 bridgehead atoms. The number of aliphatic hydroxyl groups is 1. The SMILES string of the molecule is COc1ccc2c(c1)CN(CCCCC1(O)CC1)CCS2. The van der Waals surface area contributed by atoms with Crippen LogP contribution in [0.4, 0.5) is 0 Å². The summed E-state index contributed by atoms with van der Waals surface area (Å²) in [5.74, 6) is 2.11. The van der Waals surface area contributed by atoms with Gasteiger partial charge in [-0.3, -0.25) is 4.90 Å². The van der Waals surface area contributed by atoms with Gasteiger partial charge < -0.3 is 9.84 Å². The highest BCUT2D eigenvalue weighted by Crippen LogP contribution is 2.39. The molecule has 0 atom stereocenters. The predicted molar refractivity (Wildman–Crippen MR) is 87.0 cm³/mol. The average molecular weight is 307 g/mol. The number of hydrogen-bond acceptors (Lipinski definition) is 4. The Bertz CT molecular complexity index is 488. The summed E-state index contributed by atoms with van der Waals surface area (Å²) in [6.07, 6.45) is 5.35. The molecular weight excluding hydrogens is 282 g/mol. The van der Waals surface area contributed by atoms with Gasteiger partial charge in [-0.25, -0.2) is 0 Å². The summed E-state index contributed by atoms with van der Waals surface area (Å²) in [6.45, 7) is 3.29. The first-order valence-corrected chi connectivity index (χ1v) is 8.92. The summed E-state index contributed by atoms with van der Waals surface area (Å²) < 4.78 is 5.34. The molecule has 1 aliphatic heterocycles. The van der Waals surface area contributed by atoms with Gasteiger partial charge in [0.05, 0.1) is 12.7 Å². The molecule has 0 amide bonds. The van der Waals surface area contributed by atoms with Crippen LogP contribution in [0.3, 0.4) is 0 Å². The summed E-state index contributed by atoms with van der Waals surface area (Å²) in [7, 11) is 1.73. The first-order valence-electron chi connectivity index (χ1n) is 7.93. The summed E-state index contributed by atoms with van der Waals surface area (Å²) in [6, 6.07) is 6.41. The Labute approximate surface area is 131 Å². The van der Waals surface area contributed by atoms with Gasteiger partial charge in [-0.2, -0.15) is 0 Å². The lowest BCUT2D eigenvalue weighted by atomic mass is 10.1. The zero-order valence-electron chi connectivity index (χ0n) is 12.8. The Kier molecular flexibility index (Phi) is 4.77. The zero-order valence-corrected chi connectivity index (χ0v) is 13.6. The van der Waals surface area contributed by atoms with E-state index in [1.54, 1.807) is 7.11 Å². The zero-order chi connectivity index (χ0) is 14.7. The lowest BCUT2D eigenvalue weighted by Gasteiger charge is -2.20. The molecule has 4 heteroatoms. The molecule has 0 saturated heterocycles. The van der Waals surface area contributed by atoms with E-state index < -0.39 is 0 Å². The van der Waals surface area contributed by atoms with Crippen molar-refractivity contribution in [1.29, 1.82) is 0 Å². The fourth-order valence-electron chi connectivity index (χ4n) is 2.93. The fourth-order valence-corrected chi connectivity index (χ4v) is 3.97. The molecular formula is C17H25NO2S. The topological polar surface area (TPSA) is 32.7 Å². The molecule has 1 saturated carbocycles. The second-order valence-electron chi connectivity index (χ2n) is 6.28. The van der Waals surface area contributed by atoms with Gasteiger partial charge in [-0.15, -0.1) is 11.8 Å². The van der Waals surface area contributed by atoms with Crippen LogP contribution in [0.15, 0.2) is 23.1 Å². The lowest BCUT2D eigenvalue weighted by Crippen LogP contribution is -2.26. The van der Waals surface area contributed by atoms with Crippen LogP contribution in [0, 0.1) is 0 Å². The quantitative estimate of drug-likeness (QED) is 0.818. The van der Waals surface area contributed by atoms with Crippen LogP contribution < -0.4 is 4.74 Å². The number of thioether (sulfide) groups is 1. The normalized spacial score (nSPS) is 20.7. The number of benzene rings is 1. The second kappa shape index (κ2) is 6.59. The molecule has 0 aromatic heterocycles. The van der Waals surface area contributed by atoms with Crippen LogP contribution in [0.5, 0.6) is 5.75 Å². The van der Waals surface area contributed by atoms with E-state index in [4.69, 9.17) is 4.74 Å². The Morgan fingerprint density at radius 3 is 2.95 bits per heavy atom. The largest absolute Gasteiger partial charge is 0.497 e. The maximum atomic E-state index is 9.87. The first kappa shape index (κ1) is 15.2. The van der Waals surface area contributed by atoms with Crippen molar-refractivity contribution in [2.24, 2.45) is 0 Å². The van der Waals surface area contributed by atoms with E-state index in [1.807, 2.05) is 11.8 Å². The highest BCUT2D eigenvalue weighted by atomic mass is 32.2. The minimum atomic E-state index is -0.283. The van der Waals surface area contributed by atoms with Crippen LogP contribution in [0.2, 0.25) is 0 Å². The van der Waals surface area contributed by atoms with Crippen LogP contribution in [-0.4, -0.2) is 41.6 Å². The van der Waals surface area contributed by atoms with Crippen LogP contribution in [0.1, 0.15) is 37.7 Å². The number of nitrogens with zero attached hydrogens (tertiary/aromatic N) is 1. The number of unbranched alkanes of at least 4 members (excludes halogenated alkanes) is 1. The highest BCUT2D eigenvalue weighted by Gasteiger charge is 2.39. The Balaban J connectivity index is 1.52. The van der Waals surface area contributed by atoms with Gasteiger partial charge in [0.25, 0.3) is 0 Å². The summed E-state index contributed by atoms with van der Waals surface area (Å²) in [4.78, 5) is 3.93. The maximum absolute atomic E-state index is 9.87. The van der Waals surface area contributed by atoms with Crippen molar-refractivity contribution >= 4 is 11.8 Å². The number of hydrogen-bond donors (Lipinski definition) is 1. The smallest absolute Gasteiger partial charge is 0.119 e. The molecule has 0 unspecified atom stereocenters. The molecule has 1 aromatic carbocycles. The molecule has 3 rings (SSSR count). The molecule has 21 heavy (non-hydrogen) atoms. The molecule has 1 aromatic rings. The first-order chi connectivity index (χ1) is 10.2. The van der Waals surface area contributed by atoms with E-state index in [0.717, 1.165) is 56.8 Å². The third-order valence-electron chi connectivity index (χ3n) is 4.52. The molecule has 1 N–H and O–H groups in total. The van der Waals surface area contributed by atoms with Gasteiger partial charge >= 0.3 is 0 Å². The van der Waals surface area contributed by atoms with Crippen molar-refractivity contribution in [1.82, 2.24) is 4.90 Å². The fraction of sp³-hybridized carbons (Fsp3) is 0.647. The molecule has 1 aliphatic carbocycles.